The van der Waals surface area contributed by atoms with Gasteiger partial charge in [0.1, 0.15) is 5.65 Å². The van der Waals surface area contributed by atoms with Gasteiger partial charge >= 0.3 is 0 Å². The van der Waals surface area contributed by atoms with Gasteiger partial charge in [-0.05, 0) is 35.1 Å². The number of pyridine rings is 1. The van der Waals surface area contributed by atoms with Crippen molar-refractivity contribution in [2.45, 2.75) is 12.8 Å². The third kappa shape index (κ3) is 1.72. The lowest BCUT2D eigenvalue weighted by Gasteiger charge is -2.15. The summed E-state index contributed by atoms with van der Waals surface area (Å²) >= 11 is 2.30. The van der Waals surface area contributed by atoms with Crippen molar-refractivity contribution in [1.82, 2.24) is 9.55 Å². The highest BCUT2D eigenvalue weighted by atomic mass is 127. The van der Waals surface area contributed by atoms with Crippen LogP contribution in [0.1, 0.15) is 12.8 Å². The van der Waals surface area contributed by atoms with E-state index in [4.69, 9.17) is 0 Å². The van der Waals surface area contributed by atoms with Crippen LogP contribution < -0.4 is 4.90 Å². The Morgan fingerprint density at radius 3 is 3.00 bits per heavy atom. The maximum atomic E-state index is 11.7. The zero-order valence-corrected chi connectivity index (χ0v) is 11.6. The van der Waals surface area contributed by atoms with Crippen molar-refractivity contribution in [2.75, 3.05) is 11.4 Å². The van der Waals surface area contributed by atoms with Crippen LogP contribution in [0, 0.1) is 3.57 Å². The number of amides is 1. The molecule has 0 saturated carbocycles. The highest BCUT2D eigenvalue weighted by molar-refractivity contribution is 14.1. The molecular formula is C12H12IN3O. The molecule has 0 unspecified atom stereocenters. The zero-order chi connectivity index (χ0) is 12.0. The minimum Gasteiger partial charge on any atom is -0.334 e. The molecule has 0 aromatic carbocycles. The standard InChI is InChI=1S/C12H12IN3O/c1-15-7-10(13)9-5-8(6-14-12(9)15)16-4-2-3-11(16)17/h5-7H,2-4H2,1H3. The minimum atomic E-state index is 0.206. The average molecular weight is 341 g/mol. The van der Waals surface area contributed by atoms with E-state index < -0.39 is 0 Å². The van der Waals surface area contributed by atoms with Crippen molar-refractivity contribution in [3.8, 4) is 0 Å². The molecule has 88 valence electrons. The SMILES string of the molecule is Cn1cc(I)c2cc(N3CCCC3=O)cnc21. The second-order valence-electron chi connectivity index (χ2n) is 4.30. The van der Waals surface area contributed by atoms with Gasteiger partial charge in [0.2, 0.25) is 5.91 Å². The molecule has 3 heterocycles. The number of hydrogen-bond donors (Lipinski definition) is 0. The van der Waals surface area contributed by atoms with Crippen LogP contribution in [0.4, 0.5) is 5.69 Å². The second-order valence-corrected chi connectivity index (χ2v) is 5.46. The quantitative estimate of drug-likeness (QED) is 0.747. The van der Waals surface area contributed by atoms with E-state index in [1.807, 2.05) is 22.7 Å². The highest BCUT2D eigenvalue weighted by Gasteiger charge is 2.22. The van der Waals surface area contributed by atoms with E-state index in [0.717, 1.165) is 29.7 Å². The smallest absolute Gasteiger partial charge is 0.227 e. The van der Waals surface area contributed by atoms with Crippen molar-refractivity contribution in [3.05, 3.63) is 22.0 Å². The Bertz CT molecular complexity index is 605. The molecule has 17 heavy (non-hydrogen) atoms. The van der Waals surface area contributed by atoms with Gasteiger partial charge in [-0.2, -0.15) is 0 Å². The first-order chi connectivity index (χ1) is 8.16. The van der Waals surface area contributed by atoms with E-state index in [2.05, 4.69) is 33.6 Å². The van der Waals surface area contributed by atoms with Crippen molar-refractivity contribution in [1.29, 1.82) is 0 Å². The zero-order valence-electron chi connectivity index (χ0n) is 9.48. The molecule has 0 aliphatic carbocycles. The highest BCUT2D eigenvalue weighted by Crippen LogP contribution is 2.27. The van der Waals surface area contributed by atoms with Crippen LogP contribution in [0.25, 0.3) is 11.0 Å². The molecule has 0 N–H and O–H groups in total. The molecule has 0 radical (unpaired) electrons. The van der Waals surface area contributed by atoms with Crippen molar-refractivity contribution < 1.29 is 4.79 Å². The van der Waals surface area contributed by atoms with Gasteiger partial charge in [-0.15, -0.1) is 0 Å². The number of aryl methyl sites for hydroxylation is 1. The van der Waals surface area contributed by atoms with Gasteiger partial charge in [-0.25, -0.2) is 4.98 Å². The molecule has 0 spiro atoms. The number of anilines is 1. The number of halogens is 1. The summed E-state index contributed by atoms with van der Waals surface area (Å²) in [6.45, 7) is 0.815. The predicted octanol–water partition coefficient (Wildman–Crippen LogP) is 2.30. The first-order valence-electron chi connectivity index (χ1n) is 5.58. The Morgan fingerprint density at radius 2 is 2.29 bits per heavy atom. The first kappa shape index (κ1) is 11.0. The maximum Gasteiger partial charge on any atom is 0.227 e. The van der Waals surface area contributed by atoms with E-state index in [1.165, 1.54) is 3.57 Å². The molecule has 1 fully saturated rings. The van der Waals surface area contributed by atoms with E-state index in [0.29, 0.717) is 6.42 Å². The summed E-state index contributed by atoms with van der Waals surface area (Å²) < 4.78 is 3.17. The second kappa shape index (κ2) is 3.97. The van der Waals surface area contributed by atoms with Crippen molar-refractivity contribution >= 4 is 45.2 Å². The molecule has 1 aliphatic heterocycles. The summed E-state index contributed by atoms with van der Waals surface area (Å²) in [5.74, 6) is 0.206. The fourth-order valence-electron chi connectivity index (χ4n) is 2.27. The lowest BCUT2D eigenvalue weighted by atomic mass is 10.3. The van der Waals surface area contributed by atoms with E-state index in [9.17, 15) is 4.79 Å². The van der Waals surface area contributed by atoms with Gasteiger partial charge in [-0.3, -0.25) is 4.79 Å². The Morgan fingerprint density at radius 1 is 1.47 bits per heavy atom. The Balaban J connectivity index is 2.13. The summed E-state index contributed by atoms with van der Waals surface area (Å²) in [5.41, 5.74) is 1.88. The summed E-state index contributed by atoms with van der Waals surface area (Å²) in [7, 11) is 1.98. The van der Waals surface area contributed by atoms with E-state index >= 15 is 0 Å². The fraction of sp³-hybridized carbons (Fsp3) is 0.333. The largest absolute Gasteiger partial charge is 0.334 e. The summed E-state index contributed by atoms with van der Waals surface area (Å²) in [6.07, 6.45) is 5.45. The maximum absolute atomic E-state index is 11.7. The molecular weight excluding hydrogens is 329 g/mol. The van der Waals surface area contributed by atoms with E-state index in [-0.39, 0.29) is 5.91 Å². The number of carbonyl (C=O) groups excluding carboxylic acids is 1. The first-order valence-corrected chi connectivity index (χ1v) is 6.65. The molecule has 1 amide bonds. The predicted molar refractivity (Wildman–Crippen MR) is 75.0 cm³/mol. The molecule has 0 bridgehead atoms. The minimum absolute atomic E-state index is 0.206. The molecule has 0 atom stereocenters. The van der Waals surface area contributed by atoms with Crippen LogP contribution in [0.5, 0.6) is 0 Å². The van der Waals surface area contributed by atoms with Crippen LogP contribution in [-0.4, -0.2) is 22.0 Å². The molecule has 1 saturated heterocycles. The van der Waals surface area contributed by atoms with Gasteiger partial charge in [0, 0.05) is 35.2 Å². The van der Waals surface area contributed by atoms with Crippen molar-refractivity contribution in [3.63, 3.8) is 0 Å². The average Bonchev–Trinajstić information content (AvgIpc) is 2.84. The van der Waals surface area contributed by atoms with Crippen LogP contribution in [0.3, 0.4) is 0 Å². The normalized spacial score (nSPS) is 16.1. The Hall–Kier alpha value is -1.11. The van der Waals surface area contributed by atoms with Gasteiger partial charge in [0.15, 0.2) is 0 Å². The van der Waals surface area contributed by atoms with Gasteiger partial charge in [0.25, 0.3) is 0 Å². The molecule has 4 nitrogen and oxygen atoms in total. The molecule has 2 aromatic heterocycles. The van der Waals surface area contributed by atoms with Crippen LogP contribution in [0.2, 0.25) is 0 Å². The van der Waals surface area contributed by atoms with Gasteiger partial charge in [-0.1, -0.05) is 0 Å². The van der Waals surface area contributed by atoms with Gasteiger partial charge in [0.05, 0.1) is 11.9 Å². The summed E-state index contributed by atoms with van der Waals surface area (Å²) in [6, 6.07) is 2.06. The van der Waals surface area contributed by atoms with Crippen molar-refractivity contribution in [2.24, 2.45) is 7.05 Å². The fourth-order valence-corrected chi connectivity index (χ4v) is 3.09. The Labute approximate surface area is 113 Å². The van der Waals surface area contributed by atoms with Gasteiger partial charge < -0.3 is 9.47 Å². The third-order valence-corrected chi connectivity index (χ3v) is 4.00. The molecule has 1 aliphatic rings. The number of carbonyl (C=O) groups is 1. The van der Waals surface area contributed by atoms with Crippen LogP contribution >= 0.6 is 22.6 Å². The molecule has 3 rings (SSSR count). The monoisotopic (exact) mass is 341 g/mol. The molecule has 2 aromatic rings. The number of hydrogen-bond acceptors (Lipinski definition) is 2. The number of aromatic nitrogens is 2. The summed E-state index contributed by atoms with van der Waals surface area (Å²) in [5, 5.41) is 1.12. The molecule has 5 heteroatoms. The number of fused-ring (bicyclic) bond motifs is 1. The lowest BCUT2D eigenvalue weighted by molar-refractivity contribution is -0.117. The lowest BCUT2D eigenvalue weighted by Crippen LogP contribution is -2.23. The topological polar surface area (TPSA) is 38.1 Å². The Kier molecular flexibility index (Phi) is 2.57. The van der Waals surface area contributed by atoms with Crippen LogP contribution in [-0.2, 0) is 11.8 Å². The van der Waals surface area contributed by atoms with E-state index in [1.54, 1.807) is 6.20 Å². The number of nitrogens with zero attached hydrogens (tertiary/aromatic N) is 3. The van der Waals surface area contributed by atoms with Crippen LogP contribution in [0.15, 0.2) is 18.5 Å². The number of rotatable bonds is 1. The third-order valence-electron chi connectivity index (χ3n) is 3.14. The summed E-state index contributed by atoms with van der Waals surface area (Å²) in [4.78, 5) is 18.0.